The maximum absolute atomic E-state index is 12.0. The second kappa shape index (κ2) is 16.8. The van der Waals surface area contributed by atoms with Gasteiger partial charge in [-0.25, -0.2) is 26.2 Å². The van der Waals surface area contributed by atoms with Crippen LogP contribution in [-0.2, 0) is 37.4 Å². The summed E-state index contributed by atoms with van der Waals surface area (Å²) < 4.78 is 85.6. The number of pyridine rings is 1. The first-order chi connectivity index (χ1) is 22.2. The number of anilines is 1. The van der Waals surface area contributed by atoms with Crippen molar-refractivity contribution in [3.63, 3.8) is 0 Å². The normalized spacial score (nSPS) is 13.7. The number of ether oxygens (including phenoxy) is 2. The molecule has 1 aromatic carbocycles. The van der Waals surface area contributed by atoms with Crippen LogP contribution in [0.2, 0.25) is 0 Å². The Morgan fingerprint density at radius 2 is 1.74 bits per heavy atom. The van der Waals surface area contributed by atoms with Crippen molar-refractivity contribution in [2.75, 3.05) is 17.9 Å². The Morgan fingerprint density at radius 1 is 1.06 bits per heavy atom. The van der Waals surface area contributed by atoms with Crippen LogP contribution in [0.3, 0.4) is 0 Å². The fourth-order valence-electron chi connectivity index (χ4n) is 4.21. The van der Waals surface area contributed by atoms with Crippen molar-refractivity contribution in [1.29, 1.82) is 0 Å². The lowest BCUT2D eigenvalue weighted by Gasteiger charge is -2.20. The van der Waals surface area contributed by atoms with E-state index in [1.807, 2.05) is 31.2 Å². The Morgan fingerprint density at radius 3 is 2.30 bits per heavy atom. The number of halogens is 1. The van der Waals surface area contributed by atoms with E-state index in [0.717, 1.165) is 19.0 Å². The number of nitrogens with zero attached hydrogens (tertiary/aromatic N) is 3. The molecule has 1 aliphatic rings. The minimum absolute atomic E-state index is 0.0282. The minimum Gasteiger partial charge on any atom is -0.747 e. The average molecular weight is 834 g/mol. The predicted octanol–water partition coefficient (Wildman–Crippen LogP) is 4.98. The Kier molecular flexibility index (Phi) is 13.6. The molecule has 0 saturated heterocycles. The second-order valence-corrected chi connectivity index (χ2v) is 16.2. The van der Waals surface area contributed by atoms with E-state index < -0.39 is 38.0 Å². The summed E-state index contributed by atoms with van der Waals surface area (Å²) in [5.74, 6) is -2.08. The number of carbonyl (C=O) groups is 1. The first-order valence-electron chi connectivity index (χ1n) is 13.7. The van der Waals surface area contributed by atoms with Crippen LogP contribution in [0.5, 0.6) is 5.75 Å². The lowest BCUT2D eigenvalue weighted by atomic mass is 10.1. The lowest BCUT2D eigenvalue weighted by Crippen LogP contribution is -2.38. The quantitative estimate of drug-likeness (QED) is 0.0740. The zero-order chi connectivity index (χ0) is 34.9. The van der Waals surface area contributed by atoms with E-state index in [1.54, 1.807) is 6.08 Å². The number of allylic oxidation sites excluding steroid dienone is 2. The van der Waals surface area contributed by atoms with Crippen molar-refractivity contribution in [3.05, 3.63) is 99.0 Å². The molecule has 0 atom stereocenters. The highest BCUT2D eigenvalue weighted by atomic mass is 127. The number of esters is 1. The number of fused-ring (bicyclic) bond motifs is 2. The van der Waals surface area contributed by atoms with Gasteiger partial charge in [0.25, 0.3) is 9.84 Å². The van der Waals surface area contributed by atoms with Crippen LogP contribution in [-0.4, -0.2) is 44.9 Å². The van der Waals surface area contributed by atoms with Crippen molar-refractivity contribution in [3.8, 4) is 5.75 Å². The molecule has 0 spiro atoms. The molecular formula is C30H32IN3O9S4. The van der Waals surface area contributed by atoms with Crippen LogP contribution in [0.15, 0.2) is 85.5 Å². The Bertz CT molecular complexity index is 2010. The molecule has 0 fully saturated rings. The molecule has 0 radical (unpaired) electrons. The van der Waals surface area contributed by atoms with Crippen LogP contribution in [0, 0.1) is 2.88 Å². The van der Waals surface area contributed by atoms with Gasteiger partial charge in [-0.3, -0.25) is 4.90 Å². The van der Waals surface area contributed by atoms with Gasteiger partial charge in [0.05, 0.1) is 21.2 Å². The van der Waals surface area contributed by atoms with E-state index in [9.17, 15) is 30.7 Å². The van der Waals surface area contributed by atoms with Crippen molar-refractivity contribution in [2.24, 2.45) is 0 Å². The molecule has 0 aliphatic carbocycles. The molecule has 0 amide bonds. The number of thiophene rings is 1. The molecule has 0 bridgehead atoms. The molecule has 0 unspecified atom stereocenters. The third-order valence-electron chi connectivity index (χ3n) is 6.27. The minimum atomic E-state index is -4.75. The van der Waals surface area contributed by atoms with Crippen LogP contribution in [0.4, 0.5) is 5.69 Å². The maximum Gasteiger partial charge on any atom is 0.337 e. The highest BCUT2D eigenvalue weighted by molar-refractivity contribution is 14.1. The number of benzene rings is 1. The fraction of sp³-hybridized carbons (Fsp3) is 0.233. The smallest absolute Gasteiger partial charge is 0.337 e. The Balaban J connectivity index is 0.000000518. The maximum atomic E-state index is 12.0. The highest BCUT2D eigenvalue weighted by Crippen LogP contribution is 2.41. The first-order valence-corrected chi connectivity index (χ1v) is 19.6. The molecule has 252 valence electrons. The van der Waals surface area contributed by atoms with Crippen LogP contribution in [0.25, 0.3) is 15.6 Å². The van der Waals surface area contributed by atoms with E-state index in [0.29, 0.717) is 21.8 Å². The molecule has 4 aromatic rings. The molecule has 17 heteroatoms. The third-order valence-corrected chi connectivity index (χ3v) is 10.5. The summed E-state index contributed by atoms with van der Waals surface area (Å²) in [6.45, 7) is 11.0. The molecule has 0 N–H and O–H groups in total. The largest absolute Gasteiger partial charge is 0.747 e. The van der Waals surface area contributed by atoms with Crippen LogP contribution < -0.4 is 18.8 Å². The molecule has 12 nitrogen and oxygen atoms in total. The van der Waals surface area contributed by atoms with Gasteiger partial charge in [-0.05, 0) is 65.8 Å². The summed E-state index contributed by atoms with van der Waals surface area (Å²) in [5, 5.41) is 0.497. The van der Waals surface area contributed by atoms with E-state index in [1.165, 1.54) is 58.6 Å². The average Bonchev–Trinajstić information content (AvgIpc) is 3.66. The van der Waals surface area contributed by atoms with Crippen molar-refractivity contribution in [1.82, 2.24) is 0 Å². The summed E-state index contributed by atoms with van der Waals surface area (Å²) >= 11 is 4.77. The van der Waals surface area contributed by atoms with E-state index in [2.05, 4.69) is 59.6 Å². The van der Waals surface area contributed by atoms with Gasteiger partial charge in [0.15, 0.2) is 28.3 Å². The van der Waals surface area contributed by atoms with Gasteiger partial charge in [0.1, 0.15) is 27.2 Å². The monoisotopic (exact) mass is 833 g/mol. The van der Waals surface area contributed by atoms with E-state index in [-0.39, 0.29) is 22.9 Å². The number of rotatable bonds is 9. The number of hydrogen-bond acceptors (Lipinski definition) is 12. The van der Waals surface area contributed by atoms with Gasteiger partial charge in [-0.1, -0.05) is 35.7 Å². The number of aryl methyl sites for hydroxylation is 1. The van der Waals surface area contributed by atoms with Gasteiger partial charge >= 0.3 is 5.97 Å². The highest BCUT2D eigenvalue weighted by Gasteiger charge is 2.30. The van der Waals surface area contributed by atoms with Crippen LogP contribution >= 0.6 is 45.3 Å². The van der Waals surface area contributed by atoms with Crippen molar-refractivity contribution in [2.45, 2.75) is 32.7 Å². The van der Waals surface area contributed by atoms with Gasteiger partial charge in [-0.15, -0.1) is 13.2 Å². The number of carbonyl (C=O) groups excluding carboxylic acids is 1. The summed E-state index contributed by atoms with van der Waals surface area (Å²) in [7, 11) is -8.13. The van der Waals surface area contributed by atoms with E-state index >= 15 is 0 Å². The molecule has 0 saturated carbocycles. The standard InChI is InChI=1S/C21H19IN2O9S4.C7H10N.C2H4/c1-3-12(7-19-24(11-37(29,30)31)20-16(34-19)9-17(22)35-20)6-18-23(10-36(26,27)28)14-8-13(21(25)32-2)4-5-15(14)33-18;1-2-8-6-4-3-5-7-8;1-2/h4-9H,3,10-11H2,1-2H3,(H-,26,27,28,29,30,31);3-7H,2H2,1H3;1-2H2/q;+1;/p-1. The van der Waals surface area contributed by atoms with Gasteiger partial charge in [-0.2, -0.15) is 4.57 Å². The summed E-state index contributed by atoms with van der Waals surface area (Å²) in [4.78, 5) is 13.7. The van der Waals surface area contributed by atoms with Gasteiger partial charge in [0.2, 0.25) is 11.8 Å². The van der Waals surface area contributed by atoms with E-state index in [4.69, 9.17) is 9.47 Å². The van der Waals surface area contributed by atoms with Gasteiger partial charge in [0, 0.05) is 24.3 Å². The Labute approximate surface area is 295 Å². The molecule has 3 aromatic heterocycles. The second-order valence-electron chi connectivity index (χ2n) is 9.43. The lowest BCUT2D eigenvalue weighted by molar-refractivity contribution is -0.693. The number of thiazole rings is 1. The fourth-order valence-corrected chi connectivity index (χ4v) is 8.94. The predicted molar refractivity (Wildman–Crippen MR) is 188 cm³/mol. The zero-order valence-corrected chi connectivity index (χ0v) is 31.0. The molecule has 5 rings (SSSR count). The number of methoxy groups -OCH3 is 1. The molecule has 47 heavy (non-hydrogen) atoms. The summed E-state index contributed by atoms with van der Waals surface area (Å²) in [5.41, 5.74) is 0.937. The SMILES string of the molecule is C=C.CCC(/C=C1\Oc2ccc(C(=O)OC)cc2N1CS(=O)(=O)[O-])=C\c1sc2cc(I)sc2[n+]1CS(=O)(=O)[O-].CC[n+]1ccccc1. The summed E-state index contributed by atoms with van der Waals surface area (Å²) in [6.07, 6.45) is 7.73. The molecular weight excluding hydrogens is 802 g/mol. The topological polar surface area (TPSA) is 161 Å². The molecule has 4 heterocycles. The summed E-state index contributed by atoms with van der Waals surface area (Å²) in [6, 6.07) is 12.2. The molecule has 1 aliphatic heterocycles. The third kappa shape index (κ3) is 10.6. The number of aromatic nitrogens is 2. The number of hydrogen-bond donors (Lipinski definition) is 0. The first kappa shape index (κ1) is 38.2. The van der Waals surface area contributed by atoms with Crippen molar-refractivity contribution >= 4 is 92.8 Å². The zero-order valence-electron chi connectivity index (χ0n) is 25.6. The van der Waals surface area contributed by atoms with Gasteiger partial charge < -0.3 is 18.6 Å². The van der Waals surface area contributed by atoms with Crippen molar-refractivity contribution < 1.29 is 49.3 Å². The Hall–Kier alpha value is -3.20. The van der Waals surface area contributed by atoms with Crippen LogP contribution in [0.1, 0.15) is 35.6 Å².